The zero-order valence-corrected chi connectivity index (χ0v) is 20.0. The molecule has 5 N–H and O–H groups in total. The van der Waals surface area contributed by atoms with Crippen LogP contribution in [0.15, 0.2) is 24.3 Å². The lowest BCUT2D eigenvalue weighted by Gasteiger charge is -2.35. The summed E-state index contributed by atoms with van der Waals surface area (Å²) in [7, 11) is 0. The molecule has 0 atom stereocenters. The zero-order chi connectivity index (χ0) is 24.7. The van der Waals surface area contributed by atoms with Crippen LogP contribution in [0, 0.1) is 6.92 Å². The number of pyridine rings is 1. The number of aryl methyl sites for hydroxylation is 1. The highest BCUT2D eigenvalue weighted by atomic mass is 16.2. The quantitative estimate of drug-likeness (QED) is 0.618. The van der Waals surface area contributed by atoms with E-state index in [4.69, 9.17) is 11.5 Å². The molecule has 4 rings (SSSR count). The van der Waals surface area contributed by atoms with Gasteiger partial charge in [0.1, 0.15) is 5.82 Å². The Morgan fingerprint density at radius 1 is 1.06 bits per heavy atom. The average molecular weight is 470 g/mol. The highest BCUT2D eigenvalue weighted by molar-refractivity contribution is 5.95. The van der Waals surface area contributed by atoms with Crippen molar-refractivity contribution in [3.63, 3.8) is 0 Å². The monoisotopic (exact) mass is 469 g/mol. The molecule has 34 heavy (non-hydrogen) atoms. The van der Waals surface area contributed by atoms with Gasteiger partial charge in [0.25, 0.3) is 0 Å². The van der Waals surface area contributed by atoms with Crippen LogP contribution in [0.4, 0.5) is 21.1 Å². The van der Waals surface area contributed by atoms with Crippen LogP contribution in [0.5, 0.6) is 0 Å². The molecule has 1 aromatic carbocycles. The van der Waals surface area contributed by atoms with Crippen molar-refractivity contribution in [2.45, 2.75) is 39.5 Å². The van der Waals surface area contributed by atoms with Crippen LogP contribution in [0.25, 0.3) is 10.9 Å². The topological polar surface area (TPSA) is 138 Å². The molecule has 2 saturated heterocycles. The fourth-order valence-electron chi connectivity index (χ4n) is 4.21. The van der Waals surface area contributed by atoms with Crippen molar-refractivity contribution in [1.82, 2.24) is 20.1 Å². The van der Waals surface area contributed by atoms with Crippen molar-refractivity contribution in [3.8, 4) is 0 Å². The minimum Gasteiger partial charge on any atom is -0.384 e. The summed E-state index contributed by atoms with van der Waals surface area (Å²) in [5.74, 6) is 0.476. The van der Waals surface area contributed by atoms with Crippen molar-refractivity contribution in [2.24, 2.45) is 5.73 Å². The van der Waals surface area contributed by atoms with Crippen LogP contribution in [-0.4, -0.2) is 72.0 Å². The summed E-state index contributed by atoms with van der Waals surface area (Å²) in [6, 6.07) is 7.49. The maximum absolute atomic E-state index is 11.4. The number of anilines is 2. The van der Waals surface area contributed by atoms with E-state index < -0.39 is 0 Å². The van der Waals surface area contributed by atoms with E-state index in [1.807, 2.05) is 26.0 Å². The highest BCUT2D eigenvalue weighted by Gasteiger charge is 2.22. The van der Waals surface area contributed by atoms with E-state index in [-0.39, 0.29) is 18.0 Å². The molecule has 2 aromatic rings. The van der Waals surface area contributed by atoms with Crippen molar-refractivity contribution in [2.75, 3.05) is 49.9 Å². The van der Waals surface area contributed by atoms with Crippen LogP contribution < -0.4 is 21.7 Å². The number of nitrogen functional groups attached to an aromatic ring is 1. The first-order valence-corrected chi connectivity index (χ1v) is 11.8. The Labute approximate surface area is 200 Å². The molecule has 0 aliphatic carbocycles. The number of fused-ring (bicyclic) bond motifs is 1. The summed E-state index contributed by atoms with van der Waals surface area (Å²) < 4.78 is 0. The second kappa shape index (κ2) is 11.5. The molecule has 2 aliphatic rings. The van der Waals surface area contributed by atoms with Gasteiger partial charge in [-0.2, -0.15) is 0 Å². The molecule has 10 heteroatoms. The summed E-state index contributed by atoms with van der Waals surface area (Å²) in [5.41, 5.74) is 14.4. The number of primary amides is 1. The van der Waals surface area contributed by atoms with Gasteiger partial charge in [0.15, 0.2) is 0 Å². The van der Waals surface area contributed by atoms with Gasteiger partial charge >= 0.3 is 12.1 Å². The molecule has 184 valence electrons. The number of urea groups is 2. The number of carbonyl (C=O) groups is 3. The lowest BCUT2D eigenvalue weighted by atomic mass is 10.1. The minimum atomic E-state index is -0.357. The number of nitrogens with one attached hydrogen (secondary N) is 1. The first-order chi connectivity index (χ1) is 16.3. The van der Waals surface area contributed by atoms with Crippen LogP contribution >= 0.6 is 0 Å². The van der Waals surface area contributed by atoms with Gasteiger partial charge in [0.05, 0.1) is 5.52 Å². The Bertz CT molecular complexity index is 1030. The number of likely N-dealkylation sites (tertiary alicyclic amines) is 1. The minimum absolute atomic E-state index is 0.0385. The molecule has 0 saturated carbocycles. The molecule has 3 heterocycles. The van der Waals surface area contributed by atoms with Gasteiger partial charge in [0.2, 0.25) is 5.91 Å². The van der Waals surface area contributed by atoms with Gasteiger partial charge in [0, 0.05) is 62.8 Å². The molecule has 1 aromatic heterocycles. The average Bonchev–Trinajstić information content (AvgIpc) is 3.03. The number of nitrogens with two attached hydrogens (primary N) is 2. The number of piperazine rings is 1. The third-order valence-electron chi connectivity index (χ3n) is 6.04. The van der Waals surface area contributed by atoms with Crippen molar-refractivity contribution >= 4 is 40.4 Å². The van der Waals surface area contributed by atoms with Gasteiger partial charge in [-0.3, -0.25) is 9.69 Å². The molecule has 5 amide bonds. The van der Waals surface area contributed by atoms with E-state index in [9.17, 15) is 14.4 Å². The molecule has 0 spiro atoms. The smallest absolute Gasteiger partial charge is 0.324 e. The number of imide groups is 1. The number of rotatable bonds is 2. The Morgan fingerprint density at radius 2 is 1.79 bits per heavy atom. The van der Waals surface area contributed by atoms with Gasteiger partial charge < -0.3 is 26.6 Å². The van der Waals surface area contributed by atoms with Gasteiger partial charge in [-0.15, -0.1) is 0 Å². The predicted molar refractivity (Wildman–Crippen MR) is 134 cm³/mol. The first kappa shape index (κ1) is 25.1. The van der Waals surface area contributed by atoms with E-state index in [1.54, 1.807) is 4.90 Å². The summed E-state index contributed by atoms with van der Waals surface area (Å²) >= 11 is 0. The molecule has 2 aliphatic heterocycles. The van der Waals surface area contributed by atoms with Crippen molar-refractivity contribution < 1.29 is 14.4 Å². The second-order valence-corrected chi connectivity index (χ2v) is 8.59. The molecule has 10 nitrogen and oxygen atoms in total. The molecule has 0 bridgehead atoms. The summed E-state index contributed by atoms with van der Waals surface area (Å²) in [6.45, 7) is 7.78. The molecule has 0 unspecified atom stereocenters. The molecule has 2 fully saturated rings. The standard InChI is InChI=1S/C15H19N5O.C9H16N2O2/c1-10-2-3-11-12(8-10)18-14(16)9-13(11)19-4-6-20(7-5-19)15(17)21;1-2-10-9(13)11-7-5-3-4-6-8(11)12/h2-3,8-9H,4-7H2,1H3,(H2,16,18)(H2,17,21);2-7H2,1H3,(H,10,13). The SMILES string of the molecule is CCNC(=O)N1CCCCCC1=O.Cc1ccc2c(N3CCN(C(N)=O)CC3)cc(N)nc2c1. The first-order valence-electron chi connectivity index (χ1n) is 11.8. The predicted octanol–water partition coefficient (Wildman–Crippen LogP) is 2.44. The Balaban J connectivity index is 0.000000215. The number of aromatic nitrogens is 1. The molecular formula is C24H35N7O3. The van der Waals surface area contributed by atoms with E-state index in [0.717, 1.165) is 54.5 Å². The third-order valence-corrected chi connectivity index (χ3v) is 6.04. The zero-order valence-electron chi connectivity index (χ0n) is 20.0. The number of nitrogens with zero attached hydrogens (tertiary/aromatic N) is 4. The largest absolute Gasteiger partial charge is 0.384 e. The van der Waals surface area contributed by atoms with Crippen LogP contribution in [0.2, 0.25) is 0 Å². The van der Waals surface area contributed by atoms with Crippen molar-refractivity contribution in [3.05, 3.63) is 29.8 Å². The summed E-state index contributed by atoms with van der Waals surface area (Å²) in [4.78, 5) is 43.6. The highest BCUT2D eigenvalue weighted by Crippen LogP contribution is 2.29. The van der Waals surface area contributed by atoms with Crippen LogP contribution in [-0.2, 0) is 4.79 Å². The van der Waals surface area contributed by atoms with E-state index in [1.165, 1.54) is 4.90 Å². The lowest BCUT2D eigenvalue weighted by Crippen LogP contribution is -2.50. The van der Waals surface area contributed by atoms with Gasteiger partial charge in [-0.05, 0) is 38.3 Å². The third kappa shape index (κ3) is 6.27. The van der Waals surface area contributed by atoms with E-state index >= 15 is 0 Å². The number of benzene rings is 1. The molecular weight excluding hydrogens is 434 g/mol. The molecule has 0 radical (unpaired) electrons. The van der Waals surface area contributed by atoms with Gasteiger partial charge in [-0.25, -0.2) is 14.6 Å². The maximum atomic E-state index is 11.4. The van der Waals surface area contributed by atoms with Crippen LogP contribution in [0.3, 0.4) is 0 Å². The van der Waals surface area contributed by atoms with E-state index in [2.05, 4.69) is 27.3 Å². The van der Waals surface area contributed by atoms with Crippen LogP contribution in [0.1, 0.15) is 38.2 Å². The Hall–Kier alpha value is -3.56. The summed E-state index contributed by atoms with van der Waals surface area (Å²) in [6.07, 6.45) is 3.40. The Kier molecular flexibility index (Phi) is 8.50. The fraction of sp³-hybridized carbons (Fsp3) is 0.500. The number of amides is 5. The van der Waals surface area contributed by atoms with E-state index in [0.29, 0.717) is 38.4 Å². The van der Waals surface area contributed by atoms with Crippen molar-refractivity contribution in [1.29, 1.82) is 0 Å². The lowest BCUT2D eigenvalue weighted by molar-refractivity contribution is -0.127. The maximum Gasteiger partial charge on any atom is 0.324 e. The number of hydrogen-bond donors (Lipinski definition) is 3. The van der Waals surface area contributed by atoms with Gasteiger partial charge in [-0.1, -0.05) is 18.6 Å². The Morgan fingerprint density at radius 3 is 2.47 bits per heavy atom. The fourth-order valence-corrected chi connectivity index (χ4v) is 4.21. The normalized spacial score (nSPS) is 16.5. The number of hydrogen-bond acceptors (Lipinski definition) is 6. The number of carbonyl (C=O) groups excluding carboxylic acids is 3. The summed E-state index contributed by atoms with van der Waals surface area (Å²) in [5, 5.41) is 3.73. The second-order valence-electron chi connectivity index (χ2n) is 8.59.